The van der Waals surface area contributed by atoms with Gasteiger partial charge in [0, 0.05) is 6.16 Å². The van der Waals surface area contributed by atoms with Crippen LogP contribution in [0.2, 0.25) is 0 Å². The maximum absolute atomic E-state index is 11.1. The van der Waals surface area contributed by atoms with E-state index in [1.165, 1.54) is 6.92 Å². The van der Waals surface area contributed by atoms with Gasteiger partial charge in [0.2, 0.25) is 0 Å². The molecule has 0 aromatic carbocycles. The average molecular weight is 258 g/mol. The van der Waals surface area contributed by atoms with Crippen molar-refractivity contribution in [1.29, 1.82) is 0 Å². The van der Waals surface area contributed by atoms with Crippen LogP contribution in [-0.4, -0.2) is 22.6 Å². The monoisotopic (exact) mass is 258 g/mol. The van der Waals surface area contributed by atoms with E-state index in [-0.39, 0.29) is 12.8 Å². The summed E-state index contributed by atoms with van der Waals surface area (Å²) in [4.78, 5) is 18.0. The maximum atomic E-state index is 11.1. The van der Waals surface area contributed by atoms with Crippen LogP contribution in [0, 0.1) is 0 Å². The predicted octanol–water partition coefficient (Wildman–Crippen LogP) is 2.29. The summed E-state index contributed by atoms with van der Waals surface area (Å²) in [5.74, 6) is 0. The van der Waals surface area contributed by atoms with Crippen molar-refractivity contribution in [2.75, 3.05) is 12.8 Å². The van der Waals surface area contributed by atoms with Crippen LogP contribution in [0.5, 0.6) is 0 Å². The first-order valence-corrected chi connectivity index (χ1v) is 7.59. The highest BCUT2D eigenvalue weighted by molar-refractivity contribution is 7.63. The van der Waals surface area contributed by atoms with Crippen LogP contribution in [0.4, 0.5) is 0 Å². The van der Waals surface area contributed by atoms with Gasteiger partial charge in [-0.1, -0.05) is 12.5 Å². The quantitative estimate of drug-likeness (QED) is 0.537. The van der Waals surface area contributed by atoms with E-state index in [4.69, 9.17) is 9.79 Å². The van der Waals surface area contributed by atoms with Gasteiger partial charge < -0.3 is 9.79 Å². The van der Waals surface area contributed by atoms with Gasteiger partial charge in [0.25, 0.3) is 0 Å². The second-order valence-electron chi connectivity index (χ2n) is 3.04. The minimum Gasteiger partial charge on any atom is -0.324 e. The molecule has 2 N–H and O–H groups in total. The van der Waals surface area contributed by atoms with Crippen LogP contribution < -0.4 is 0 Å². The zero-order valence-electron chi connectivity index (χ0n) is 8.75. The van der Waals surface area contributed by atoms with Crippen molar-refractivity contribution in [3.05, 3.63) is 12.2 Å². The molecule has 90 valence electrons. The largest absolute Gasteiger partial charge is 0.479 e. The Morgan fingerprint density at radius 1 is 1.40 bits per heavy atom. The topological polar surface area (TPSA) is 93.1 Å². The Kier molecular flexibility index (Phi) is 5.96. The van der Waals surface area contributed by atoms with E-state index in [1.54, 1.807) is 6.92 Å². The second-order valence-corrected chi connectivity index (χ2v) is 6.80. The molecule has 0 rings (SSSR count). The lowest BCUT2D eigenvalue weighted by Gasteiger charge is -2.14. The summed E-state index contributed by atoms with van der Waals surface area (Å²) in [7, 11) is -8.46. The molecule has 8 heteroatoms. The summed E-state index contributed by atoms with van der Waals surface area (Å²) >= 11 is 0. The minimum atomic E-state index is -4.44. The molecule has 0 aliphatic heterocycles. The van der Waals surface area contributed by atoms with Gasteiger partial charge in [-0.3, -0.25) is 9.09 Å². The van der Waals surface area contributed by atoms with Gasteiger partial charge in [0.1, 0.15) is 0 Å². The number of phosphoric acid groups is 1. The van der Waals surface area contributed by atoms with E-state index in [9.17, 15) is 9.13 Å². The predicted molar refractivity (Wildman–Crippen MR) is 56.7 cm³/mol. The van der Waals surface area contributed by atoms with E-state index in [1.807, 2.05) is 0 Å². The van der Waals surface area contributed by atoms with Crippen LogP contribution >= 0.6 is 15.4 Å². The highest BCUT2D eigenvalue weighted by Crippen LogP contribution is 2.59. The lowest BCUT2D eigenvalue weighted by Crippen LogP contribution is -1.97. The van der Waals surface area contributed by atoms with Crippen LogP contribution in [0.1, 0.15) is 20.3 Å². The van der Waals surface area contributed by atoms with Crippen molar-refractivity contribution in [3.63, 3.8) is 0 Å². The van der Waals surface area contributed by atoms with Gasteiger partial charge in [0.15, 0.2) is 0 Å². The molecule has 0 fully saturated rings. The van der Waals surface area contributed by atoms with Crippen LogP contribution in [-0.2, 0) is 18.0 Å². The molecule has 0 aromatic rings. The van der Waals surface area contributed by atoms with Crippen molar-refractivity contribution >= 4 is 15.4 Å². The summed E-state index contributed by atoms with van der Waals surface area (Å²) in [5, 5.41) is 0. The highest BCUT2D eigenvalue weighted by Gasteiger charge is 2.31. The highest BCUT2D eigenvalue weighted by atomic mass is 31.3. The Morgan fingerprint density at radius 2 is 1.93 bits per heavy atom. The van der Waals surface area contributed by atoms with Crippen molar-refractivity contribution in [3.8, 4) is 0 Å². The fourth-order valence-electron chi connectivity index (χ4n) is 0.578. The third-order valence-electron chi connectivity index (χ3n) is 1.41. The first-order chi connectivity index (χ1) is 6.68. The van der Waals surface area contributed by atoms with Gasteiger partial charge in [-0.15, -0.1) is 6.58 Å². The van der Waals surface area contributed by atoms with Gasteiger partial charge in [-0.2, -0.15) is 0 Å². The second kappa shape index (κ2) is 5.94. The lowest BCUT2D eigenvalue weighted by atomic mass is 10.3. The number of phosphoric ester groups is 1. The Hall–Kier alpha value is 0.0400. The summed E-state index contributed by atoms with van der Waals surface area (Å²) in [6.45, 7) is 6.59. The average Bonchev–Trinajstić information content (AvgIpc) is 2.01. The molecule has 0 saturated heterocycles. The summed E-state index contributed by atoms with van der Waals surface area (Å²) in [6.07, 6.45) is 0.136. The van der Waals surface area contributed by atoms with Gasteiger partial charge in [-0.25, -0.2) is 8.88 Å². The van der Waals surface area contributed by atoms with E-state index in [0.29, 0.717) is 6.42 Å². The molecule has 15 heavy (non-hydrogen) atoms. The van der Waals surface area contributed by atoms with E-state index in [2.05, 4.69) is 15.4 Å². The van der Waals surface area contributed by atoms with Crippen molar-refractivity contribution in [2.45, 2.75) is 20.3 Å². The molecule has 2 unspecified atom stereocenters. The summed E-state index contributed by atoms with van der Waals surface area (Å²) in [6, 6.07) is 0. The minimum absolute atomic E-state index is 0.0766. The van der Waals surface area contributed by atoms with Crippen molar-refractivity contribution < 1.29 is 27.8 Å². The van der Waals surface area contributed by atoms with Crippen LogP contribution in [0.25, 0.3) is 0 Å². The van der Waals surface area contributed by atoms with Crippen molar-refractivity contribution in [2.24, 2.45) is 0 Å². The molecule has 0 radical (unpaired) electrons. The van der Waals surface area contributed by atoms with Crippen molar-refractivity contribution in [1.82, 2.24) is 0 Å². The fourth-order valence-corrected chi connectivity index (χ4v) is 2.84. The summed E-state index contributed by atoms with van der Waals surface area (Å²) < 4.78 is 30.7. The van der Waals surface area contributed by atoms with Gasteiger partial charge in [-0.05, 0) is 13.3 Å². The molecular formula is C7H16O6P2. The fraction of sp³-hybridized carbons (Fsp3) is 0.714. The normalized spacial score (nSPS) is 19.2. The van der Waals surface area contributed by atoms with Gasteiger partial charge in [0.05, 0.1) is 6.61 Å². The number of hydrogen-bond donors (Lipinski definition) is 2. The Labute approximate surface area is 89.1 Å². The van der Waals surface area contributed by atoms with Gasteiger partial charge >= 0.3 is 15.4 Å². The zero-order valence-corrected chi connectivity index (χ0v) is 10.5. The Balaban J connectivity index is 4.14. The molecule has 0 heterocycles. The molecule has 0 aromatic heterocycles. The Bertz CT molecular complexity index is 313. The van der Waals surface area contributed by atoms with Crippen LogP contribution in [0.15, 0.2) is 12.2 Å². The molecule has 0 saturated carbocycles. The summed E-state index contributed by atoms with van der Waals surface area (Å²) in [5.41, 5.74) is 0.776. The molecule has 0 aliphatic carbocycles. The molecular weight excluding hydrogens is 242 g/mol. The molecule has 6 nitrogen and oxygen atoms in total. The zero-order chi connectivity index (χ0) is 12.1. The standard InChI is InChI=1S/C7H16O6P2/c1-4-14(8,9)13-15(10,11)12-6-5-7(2)3/h2,4-6H2,1,3H3,(H,8,9)(H,10,11). The molecule has 2 atom stereocenters. The van der Waals surface area contributed by atoms with E-state index < -0.39 is 15.4 Å². The third-order valence-corrected chi connectivity index (χ3v) is 4.57. The molecule has 0 spiro atoms. The maximum Gasteiger partial charge on any atom is 0.479 e. The first kappa shape index (κ1) is 15.0. The molecule has 0 aliphatic rings. The third kappa shape index (κ3) is 7.91. The lowest BCUT2D eigenvalue weighted by molar-refractivity contribution is 0.198. The van der Waals surface area contributed by atoms with E-state index >= 15 is 0 Å². The SMILES string of the molecule is C=C(C)CCOP(=O)(O)OP(=O)(O)CC. The number of hydrogen-bond acceptors (Lipinski definition) is 4. The van der Waals surface area contributed by atoms with E-state index in [0.717, 1.165) is 5.57 Å². The first-order valence-electron chi connectivity index (χ1n) is 4.33. The number of rotatable bonds is 7. The van der Waals surface area contributed by atoms with Crippen LogP contribution in [0.3, 0.4) is 0 Å². The smallest absolute Gasteiger partial charge is 0.324 e. The molecule has 0 amide bonds. The molecule has 0 bridgehead atoms. The Morgan fingerprint density at radius 3 is 2.33 bits per heavy atom.